The number of rotatable bonds is 7. The van der Waals surface area contributed by atoms with E-state index in [4.69, 9.17) is 9.47 Å². The highest BCUT2D eigenvalue weighted by molar-refractivity contribution is 5.89. The summed E-state index contributed by atoms with van der Waals surface area (Å²) < 4.78 is 11.6. The number of aromatic amines is 1. The van der Waals surface area contributed by atoms with Crippen molar-refractivity contribution >= 4 is 18.2 Å². The van der Waals surface area contributed by atoms with Crippen molar-refractivity contribution in [2.24, 2.45) is 0 Å². The first-order valence-corrected chi connectivity index (χ1v) is 14.5. The molecule has 2 aliphatic carbocycles. The molecule has 9 heteroatoms. The van der Waals surface area contributed by atoms with E-state index in [-0.39, 0.29) is 36.7 Å². The first-order chi connectivity index (χ1) is 20.0. The third-order valence-corrected chi connectivity index (χ3v) is 8.04. The summed E-state index contributed by atoms with van der Waals surface area (Å²) in [6, 6.07) is 17.2. The van der Waals surface area contributed by atoms with E-state index >= 15 is 0 Å². The van der Waals surface area contributed by atoms with Crippen molar-refractivity contribution in [1.29, 1.82) is 0 Å². The number of fused-ring (bicyclic) bond motifs is 3. The Labute approximate surface area is 246 Å². The minimum Gasteiger partial charge on any atom is -0.478 e. The number of H-pyrrole nitrogens is 1. The second-order valence-electron chi connectivity index (χ2n) is 12.2. The number of aromatic nitrogens is 1. The molecule has 0 radical (unpaired) electrons. The number of carbonyl (C=O) groups excluding carboxylic acids is 2. The number of ether oxygens (including phenoxy) is 2. The lowest BCUT2D eigenvalue weighted by molar-refractivity contribution is 0.0365. The lowest BCUT2D eigenvalue weighted by Crippen LogP contribution is -2.55. The van der Waals surface area contributed by atoms with Gasteiger partial charge in [0.15, 0.2) is 0 Å². The fourth-order valence-corrected chi connectivity index (χ4v) is 6.22. The SMILES string of the molecule is Cc1[nH]c(CN(C(=O)OCC2c3ccccc3-c3ccccc32)[C@@H]2CCCC[C@H]2NC(=O)OC(C)(C)C)cc1C(=O)O. The molecule has 0 aliphatic heterocycles. The Bertz CT molecular complexity index is 1430. The van der Waals surface area contributed by atoms with Gasteiger partial charge in [-0.25, -0.2) is 14.4 Å². The molecule has 1 heterocycles. The number of alkyl carbamates (subject to hydrolysis) is 1. The van der Waals surface area contributed by atoms with Gasteiger partial charge in [-0.2, -0.15) is 0 Å². The number of carboxylic acid groups (broad SMARTS) is 1. The molecule has 1 fully saturated rings. The third kappa shape index (κ3) is 6.30. The van der Waals surface area contributed by atoms with Crippen LogP contribution in [0.4, 0.5) is 9.59 Å². The van der Waals surface area contributed by atoms with E-state index in [1.54, 1.807) is 17.9 Å². The van der Waals surface area contributed by atoms with Crippen molar-refractivity contribution in [3.63, 3.8) is 0 Å². The smallest absolute Gasteiger partial charge is 0.410 e. The van der Waals surface area contributed by atoms with E-state index in [2.05, 4.69) is 34.6 Å². The van der Waals surface area contributed by atoms with Crippen LogP contribution in [-0.2, 0) is 16.0 Å². The summed E-state index contributed by atoms with van der Waals surface area (Å²) in [6.45, 7) is 7.38. The molecule has 2 atom stereocenters. The summed E-state index contributed by atoms with van der Waals surface area (Å²) in [6.07, 6.45) is 2.09. The highest BCUT2D eigenvalue weighted by Gasteiger charge is 2.37. The predicted octanol–water partition coefficient (Wildman–Crippen LogP) is 6.61. The van der Waals surface area contributed by atoms with Crippen LogP contribution in [0.2, 0.25) is 0 Å². The first-order valence-electron chi connectivity index (χ1n) is 14.5. The molecule has 1 aromatic heterocycles. The molecule has 222 valence electrons. The summed E-state index contributed by atoms with van der Waals surface area (Å²) in [5.74, 6) is -1.14. The van der Waals surface area contributed by atoms with Gasteiger partial charge in [-0.1, -0.05) is 61.4 Å². The predicted molar refractivity (Wildman–Crippen MR) is 159 cm³/mol. The van der Waals surface area contributed by atoms with E-state index in [1.165, 1.54) is 0 Å². The normalized spacial score (nSPS) is 18.1. The Balaban J connectivity index is 1.40. The number of hydrogen-bond donors (Lipinski definition) is 3. The van der Waals surface area contributed by atoms with Gasteiger partial charge < -0.3 is 24.9 Å². The lowest BCUT2D eigenvalue weighted by Gasteiger charge is -2.39. The number of carboxylic acids is 1. The van der Waals surface area contributed by atoms with Crippen LogP contribution in [0.3, 0.4) is 0 Å². The third-order valence-electron chi connectivity index (χ3n) is 8.04. The van der Waals surface area contributed by atoms with Gasteiger partial charge in [-0.05, 0) is 68.9 Å². The highest BCUT2D eigenvalue weighted by Crippen LogP contribution is 2.44. The number of amides is 2. The largest absolute Gasteiger partial charge is 0.478 e. The zero-order chi connectivity index (χ0) is 30.0. The number of benzene rings is 2. The zero-order valence-electron chi connectivity index (χ0n) is 24.6. The molecule has 1 saturated carbocycles. The van der Waals surface area contributed by atoms with Crippen molar-refractivity contribution in [1.82, 2.24) is 15.2 Å². The maximum atomic E-state index is 13.9. The monoisotopic (exact) mass is 573 g/mol. The van der Waals surface area contributed by atoms with Crippen molar-refractivity contribution in [2.75, 3.05) is 6.61 Å². The fourth-order valence-electron chi connectivity index (χ4n) is 6.22. The number of aromatic carboxylic acids is 1. The average molecular weight is 574 g/mol. The van der Waals surface area contributed by atoms with E-state index < -0.39 is 23.8 Å². The quantitative estimate of drug-likeness (QED) is 0.293. The average Bonchev–Trinajstić information content (AvgIpc) is 3.47. The van der Waals surface area contributed by atoms with E-state index in [0.717, 1.165) is 35.1 Å². The summed E-state index contributed by atoms with van der Waals surface area (Å²) >= 11 is 0. The number of aryl methyl sites for hydroxylation is 1. The molecule has 2 aromatic carbocycles. The molecular formula is C33H39N3O6. The molecule has 9 nitrogen and oxygen atoms in total. The Kier molecular flexibility index (Phi) is 8.29. The van der Waals surface area contributed by atoms with Crippen molar-refractivity contribution < 1.29 is 29.0 Å². The van der Waals surface area contributed by atoms with Crippen LogP contribution < -0.4 is 5.32 Å². The molecule has 2 aliphatic rings. The number of carbonyl (C=O) groups is 3. The molecule has 42 heavy (non-hydrogen) atoms. The van der Waals surface area contributed by atoms with Crippen molar-refractivity contribution in [3.8, 4) is 11.1 Å². The second kappa shape index (κ2) is 11.9. The van der Waals surface area contributed by atoms with Gasteiger partial charge in [0.05, 0.1) is 24.2 Å². The fraction of sp³-hybridized carbons (Fsp3) is 0.424. The van der Waals surface area contributed by atoms with Gasteiger partial charge >= 0.3 is 18.2 Å². The van der Waals surface area contributed by atoms with Gasteiger partial charge in [-0.15, -0.1) is 0 Å². The van der Waals surface area contributed by atoms with Crippen LogP contribution in [0.15, 0.2) is 54.6 Å². The molecule has 5 rings (SSSR count). The first kappa shape index (κ1) is 29.2. The van der Waals surface area contributed by atoms with E-state index in [0.29, 0.717) is 24.2 Å². The number of hydrogen-bond acceptors (Lipinski definition) is 5. The second-order valence-corrected chi connectivity index (χ2v) is 12.2. The topological polar surface area (TPSA) is 121 Å². The van der Waals surface area contributed by atoms with Crippen molar-refractivity contribution in [3.05, 3.63) is 82.7 Å². The van der Waals surface area contributed by atoms with Gasteiger partial charge in [-0.3, -0.25) is 4.90 Å². The summed E-state index contributed by atoms with van der Waals surface area (Å²) in [7, 11) is 0. The van der Waals surface area contributed by atoms with Crippen LogP contribution >= 0.6 is 0 Å². The maximum Gasteiger partial charge on any atom is 0.410 e. The molecule has 0 bridgehead atoms. The Morgan fingerprint density at radius 1 is 1.00 bits per heavy atom. The molecule has 0 saturated heterocycles. The van der Waals surface area contributed by atoms with Crippen LogP contribution in [-0.4, -0.2) is 57.4 Å². The Hall–Kier alpha value is -4.27. The van der Waals surface area contributed by atoms with Gasteiger partial charge in [0.2, 0.25) is 0 Å². The van der Waals surface area contributed by atoms with Crippen LogP contribution in [0.25, 0.3) is 11.1 Å². The zero-order valence-corrected chi connectivity index (χ0v) is 24.6. The maximum absolute atomic E-state index is 13.9. The van der Waals surface area contributed by atoms with E-state index in [1.807, 2.05) is 45.0 Å². The molecule has 0 spiro atoms. The molecule has 2 amide bonds. The standard InChI is InChI=1S/C33H39N3O6/c1-20-26(30(37)38)17-21(34-20)18-36(29-16-10-9-15-28(29)35-31(39)42-33(2,3)4)32(40)41-19-27-24-13-7-5-11-22(24)23-12-6-8-14-25(23)27/h5-8,11-14,17,27-29,34H,9-10,15-16,18-19H2,1-4H3,(H,35,39)(H,37,38)/t28-,29-/m1/s1. The lowest BCUT2D eigenvalue weighted by atomic mass is 9.89. The van der Waals surface area contributed by atoms with Crippen molar-refractivity contribution in [2.45, 2.75) is 83.5 Å². The number of nitrogens with one attached hydrogen (secondary N) is 2. The van der Waals surface area contributed by atoms with Crippen LogP contribution in [0.5, 0.6) is 0 Å². The molecular weight excluding hydrogens is 534 g/mol. The summed E-state index contributed by atoms with van der Waals surface area (Å²) in [4.78, 5) is 43.1. The summed E-state index contributed by atoms with van der Waals surface area (Å²) in [5.41, 5.74) is 5.11. The molecule has 0 unspecified atom stereocenters. The van der Waals surface area contributed by atoms with Gasteiger partial charge in [0.1, 0.15) is 12.2 Å². The number of nitrogens with zero attached hydrogens (tertiary/aromatic N) is 1. The minimum absolute atomic E-state index is 0.100. The Morgan fingerprint density at radius 3 is 2.21 bits per heavy atom. The highest BCUT2D eigenvalue weighted by atomic mass is 16.6. The van der Waals surface area contributed by atoms with Crippen LogP contribution in [0, 0.1) is 6.92 Å². The minimum atomic E-state index is -1.04. The van der Waals surface area contributed by atoms with E-state index in [9.17, 15) is 19.5 Å². The molecule has 3 N–H and O–H groups in total. The van der Waals surface area contributed by atoms with Gasteiger partial charge in [0, 0.05) is 17.3 Å². The Morgan fingerprint density at radius 2 is 1.62 bits per heavy atom. The molecule has 3 aromatic rings. The summed E-state index contributed by atoms with van der Waals surface area (Å²) in [5, 5.41) is 12.6. The van der Waals surface area contributed by atoms with Crippen LogP contribution in [0.1, 0.15) is 85.2 Å². The van der Waals surface area contributed by atoms with Gasteiger partial charge in [0.25, 0.3) is 0 Å².